The number of nitrogens with one attached hydrogen (secondary N) is 4. The number of carbonyl (C=O) groups is 5. The second kappa shape index (κ2) is 33.5. The van der Waals surface area contributed by atoms with E-state index in [0.717, 1.165) is 57.1 Å². The van der Waals surface area contributed by atoms with Gasteiger partial charge in [0.2, 0.25) is 0 Å². The Labute approximate surface area is 303 Å². The maximum absolute atomic E-state index is 10.7. The predicted molar refractivity (Wildman–Crippen MR) is 198 cm³/mol. The smallest absolute Gasteiger partial charge is 0.321 e. The van der Waals surface area contributed by atoms with Crippen LogP contribution in [0.3, 0.4) is 0 Å². The van der Waals surface area contributed by atoms with E-state index in [2.05, 4.69) is 28.2 Å². The SMILES string of the molecule is CCCC[C@H](NC)C(=O)O.CCC[C@H](NC)C(=O)O.CN1CCC[C@H]1C(=O)O.CN[C@@H](CCCN)C(=O)O.CN[C@@H](Cc1ccccc1)C(=O)O. The van der Waals surface area contributed by atoms with Gasteiger partial charge < -0.3 is 52.5 Å². The van der Waals surface area contributed by atoms with Crippen molar-refractivity contribution in [2.75, 3.05) is 48.3 Å². The van der Waals surface area contributed by atoms with Gasteiger partial charge in [-0.1, -0.05) is 63.4 Å². The highest BCUT2D eigenvalue weighted by molar-refractivity contribution is 5.75. The topological polar surface area (TPSA) is 264 Å². The Morgan fingerprint density at radius 3 is 1.41 bits per heavy atom. The highest BCUT2D eigenvalue weighted by Crippen LogP contribution is 2.14. The Hall–Kier alpha value is -3.67. The second-order valence-corrected chi connectivity index (χ2v) is 11.7. The van der Waals surface area contributed by atoms with Crippen LogP contribution in [0.15, 0.2) is 30.3 Å². The van der Waals surface area contributed by atoms with Crippen LogP contribution in [0.5, 0.6) is 0 Å². The van der Waals surface area contributed by atoms with Crippen molar-refractivity contribution in [3.63, 3.8) is 0 Å². The number of nitrogens with two attached hydrogens (primary N) is 1. The molecule has 16 nitrogen and oxygen atoms in total. The lowest BCUT2D eigenvalue weighted by Crippen LogP contribution is -2.35. The normalized spacial score (nSPS) is 15.6. The number of unbranched alkanes of at least 4 members (excludes halogenated alkanes) is 1. The number of likely N-dealkylation sites (tertiary alicyclic amines) is 1. The Morgan fingerprint density at radius 2 is 1.14 bits per heavy atom. The van der Waals surface area contributed by atoms with Crippen molar-refractivity contribution < 1.29 is 49.5 Å². The van der Waals surface area contributed by atoms with Crippen LogP contribution >= 0.6 is 0 Å². The highest BCUT2D eigenvalue weighted by Gasteiger charge is 2.26. The van der Waals surface area contributed by atoms with Crippen LogP contribution in [0.4, 0.5) is 0 Å². The minimum Gasteiger partial charge on any atom is -0.480 e. The molecule has 0 aliphatic carbocycles. The van der Waals surface area contributed by atoms with Gasteiger partial charge in [-0.05, 0) is 98.8 Å². The molecule has 5 atom stereocenters. The van der Waals surface area contributed by atoms with E-state index < -0.39 is 41.9 Å². The van der Waals surface area contributed by atoms with Crippen molar-refractivity contribution in [3.05, 3.63) is 35.9 Å². The zero-order valence-corrected chi connectivity index (χ0v) is 31.6. The van der Waals surface area contributed by atoms with Gasteiger partial charge in [-0.2, -0.15) is 0 Å². The van der Waals surface area contributed by atoms with Crippen molar-refractivity contribution in [1.29, 1.82) is 0 Å². The van der Waals surface area contributed by atoms with Gasteiger partial charge in [-0.25, -0.2) is 0 Å². The van der Waals surface area contributed by atoms with Crippen molar-refractivity contribution in [3.8, 4) is 0 Å². The monoisotopic (exact) mass is 730 g/mol. The molecular formula is C35H66N6O10. The molecule has 1 aromatic rings. The van der Waals surface area contributed by atoms with Crippen LogP contribution in [0.1, 0.15) is 77.2 Å². The number of nitrogens with zero attached hydrogens (tertiary/aromatic N) is 1. The molecular weight excluding hydrogens is 664 g/mol. The Kier molecular flexibility index (Phi) is 33.9. The van der Waals surface area contributed by atoms with Crippen molar-refractivity contribution >= 4 is 29.8 Å². The lowest BCUT2D eigenvalue weighted by atomic mass is 10.1. The van der Waals surface area contributed by atoms with E-state index in [9.17, 15) is 24.0 Å². The summed E-state index contributed by atoms with van der Waals surface area (Å²) in [5, 5.41) is 53.7. The molecule has 1 heterocycles. The number of aliphatic carboxylic acids is 5. The highest BCUT2D eigenvalue weighted by atomic mass is 16.4. The summed E-state index contributed by atoms with van der Waals surface area (Å²) in [7, 11) is 8.48. The van der Waals surface area contributed by atoms with Gasteiger partial charge in [-0.15, -0.1) is 0 Å². The molecule has 16 heteroatoms. The quantitative estimate of drug-likeness (QED) is 0.0972. The predicted octanol–water partition coefficient (Wildman–Crippen LogP) is 1.77. The lowest BCUT2D eigenvalue weighted by molar-refractivity contribution is -0.142. The number of carboxylic acid groups (broad SMARTS) is 5. The van der Waals surface area contributed by atoms with Gasteiger partial charge in [-0.3, -0.25) is 28.9 Å². The zero-order valence-electron chi connectivity index (χ0n) is 31.6. The van der Waals surface area contributed by atoms with Crippen LogP contribution in [-0.2, 0) is 30.4 Å². The summed E-state index contributed by atoms with van der Waals surface area (Å²) in [5.74, 6) is -3.83. The summed E-state index contributed by atoms with van der Waals surface area (Å²) < 4.78 is 0. The molecule has 0 unspecified atom stereocenters. The fourth-order valence-electron chi connectivity index (χ4n) is 4.58. The number of carboxylic acids is 5. The van der Waals surface area contributed by atoms with Gasteiger partial charge in [0.25, 0.3) is 0 Å². The van der Waals surface area contributed by atoms with Gasteiger partial charge >= 0.3 is 29.8 Å². The molecule has 1 aromatic carbocycles. The molecule has 1 fully saturated rings. The van der Waals surface area contributed by atoms with Gasteiger partial charge in [0.15, 0.2) is 0 Å². The number of hydrogen-bond acceptors (Lipinski definition) is 11. The van der Waals surface area contributed by atoms with E-state index in [1.165, 1.54) is 0 Å². The van der Waals surface area contributed by atoms with E-state index >= 15 is 0 Å². The molecule has 1 aliphatic rings. The van der Waals surface area contributed by atoms with E-state index in [1.807, 2.05) is 49.2 Å². The maximum atomic E-state index is 10.7. The van der Waals surface area contributed by atoms with Gasteiger partial charge in [0.1, 0.15) is 30.2 Å². The average molecular weight is 731 g/mol. The van der Waals surface area contributed by atoms with Crippen LogP contribution in [0.2, 0.25) is 0 Å². The molecule has 0 amide bonds. The van der Waals surface area contributed by atoms with Crippen LogP contribution in [0.25, 0.3) is 0 Å². The number of likely N-dealkylation sites (N-methyl/N-ethyl adjacent to an activating group) is 5. The minimum atomic E-state index is -0.814. The van der Waals surface area contributed by atoms with E-state index in [1.54, 1.807) is 28.2 Å². The van der Waals surface area contributed by atoms with E-state index in [4.69, 9.17) is 31.3 Å². The van der Waals surface area contributed by atoms with Crippen molar-refractivity contribution in [2.24, 2.45) is 5.73 Å². The van der Waals surface area contributed by atoms with E-state index in [0.29, 0.717) is 25.8 Å². The lowest BCUT2D eigenvalue weighted by Gasteiger charge is -2.13. The first-order chi connectivity index (χ1) is 24.1. The summed E-state index contributed by atoms with van der Waals surface area (Å²) in [6.07, 6.45) is 8.04. The molecule has 11 N–H and O–H groups in total. The Bertz CT molecular complexity index is 1040. The molecule has 0 radical (unpaired) electrons. The third-order valence-corrected chi connectivity index (χ3v) is 7.80. The Balaban J connectivity index is -0.000000569. The summed E-state index contributed by atoms with van der Waals surface area (Å²) in [5.41, 5.74) is 6.24. The summed E-state index contributed by atoms with van der Waals surface area (Å²) >= 11 is 0. The fraction of sp³-hybridized carbons (Fsp3) is 0.686. The van der Waals surface area contributed by atoms with Gasteiger partial charge in [0.05, 0.1) is 0 Å². The zero-order chi connectivity index (χ0) is 39.8. The molecule has 51 heavy (non-hydrogen) atoms. The maximum Gasteiger partial charge on any atom is 0.321 e. The number of hydrogen-bond donors (Lipinski definition) is 10. The molecule has 296 valence electrons. The van der Waals surface area contributed by atoms with Gasteiger partial charge in [0, 0.05) is 0 Å². The van der Waals surface area contributed by atoms with Crippen LogP contribution < -0.4 is 27.0 Å². The summed E-state index contributed by atoms with van der Waals surface area (Å²) in [4.78, 5) is 53.9. The molecule has 2 rings (SSSR count). The summed E-state index contributed by atoms with van der Waals surface area (Å²) in [6.45, 7) is 5.49. The Morgan fingerprint density at radius 1 is 0.706 bits per heavy atom. The first-order valence-electron chi connectivity index (χ1n) is 17.4. The third kappa shape index (κ3) is 27.7. The molecule has 1 aliphatic heterocycles. The molecule has 1 saturated heterocycles. The van der Waals surface area contributed by atoms with Crippen LogP contribution in [0, 0.1) is 0 Å². The number of rotatable bonds is 19. The van der Waals surface area contributed by atoms with E-state index in [-0.39, 0.29) is 18.1 Å². The standard InChI is InChI=1S/C10H13NO2.C7H15NO2.C6H14N2O2.C6H11NO2.C6H13NO2/c1-11-9(10(12)13)7-8-5-3-2-4-6-8;1-3-4-5-6(8-2)7(9)10;1-8-5(6(9)10)3-2-4-7;1-7-4-2-3-5(7)6(8)9;1-3-4-5(7-2)6(8)9/h2-6,9,11H,7H2,1H3,(H,12,13);6,8H,3-5H2,1-2H3,(H,9,10);5,8H,2-4,7H2,1H3,(H,9,10);5H,2-4H2,1H3,(H,8,9);5,7H,3-4H2,1-2H3,(H,8,9)/t9-;6-;3*5-/m00000/s1. The molecule has 0 aromatic heterocycles. The third-order valence-electron chi connectivity index (χ3n) is 7.80. The minimum absolute atomic E-state index is 0.218. The first kappa shape index (κ1) is 51.7. The summed E-state index contributed by atoms with van der Waals surface area (Å²) in [6, 6.07) is 7.69. The first-order valence-corrected chi connectivity index (χ1v) is 17.4. The molecule has 0 spiro atoms. The fourth-order valence-corrected chi connectivity index (χ4v) is 4.58. The molecule has 0 saturated carbocycles. The number of benzene rings is 1. The average Bonchev–Trinajstić information content (AvgIpc) is 3.54. The van der Waals surface area contributed by atoms with Crippen LogP contribution in [-0.4, -0.2) is 139 Å². The molecule has 0 bridgehead atoms. The van der Waals surface area contributed by atoms with Crippen molar-refractivity contribution in [1.82, 2.24) is 26.2 Å². The second-order valence-electron chi connectivity index (χ2n) is 11.7. The largest absolute Gasteiger partial charge is 0.480 e. The van der Waals surface area contributed by atoms with Crippen molar-refractivity contribution in [2.45, 2.75) is 108 Å².